The second-order valence-electron chi connectivity index (χ2n) is 4.71. The van der Waals surface area contributed by atoms with Crippen LogP contribution < -0.4 is 5.32 Å². The maximum atomic E-state index is 12.3. The molecule has 23 heavy (non-hydrogen) atoms. The molecule has 0 atom stereocenters. The number of alkyl halides is 3. The molecule has 2 rings (SSSR count). The minimum Gasteiger partial charge on any atom is -0.348 e. The van der Waals surface area contributed by atoms with E-state index in [9.17, 15) is 22.8 Å². The Hall–Kier alpha value is -2.34. The van der Waals surface area contributed by atoms with Gasteiger partial charge in [0, 0.05) is 22.7 Å². The van der Waals surface area contributed by atoms with E-state index in [-0.39, 0.29) is 12.1 Å². The predicted molar refractivity (Wildman–Crippen MR) is 79.4 cm³/mol. The Morgan fingerprint density at radius 3 is 1.96 bits per heavy atom. The number of carbonyl (C=O) groups is 2. The van der Waals surface area contributed by atoms with Gasteiger partial charge in [0.15, 0.2) is 0 Å². The van der Waals surface area contributed by atoms with Crippen molar-refractivity contribution in [2.75, 3.05) is 0 Å². The zero-order chi connectivity index (χ0) is 17.0. The fourth-order valence-electron chi connectivity index (χ4n) is 1.82. The van der Waals surface area contributed by atoms with Crippen molar-refractivity contribution in [3.05, 3.63) is 70.2 Å². The molecule has 2 aromatic rings. The van der Waals surface area contributed by atoms with Gasteiger partial charge in [0.25, 0.3) is 11.7 Å². The highest BCUT2D eigenvalue weighted by Gasteiger charge is 2.39. The molecule has 0 saturated heterocycles. The Balaban J connectivity index is 2.00. The Labute approximate surface area is 135 Å². The summed E-state index contributed by atoms with van der Waals surface area (Å²) in [5, 5.41) is 3.20. The summed E-state index contributed by atoms with van der Waals surface area (Å²) in [4.78, 5) is 23.0. The van der Waals surface area contributed by atoms with Gasteiger partial charge in [0.05, 0.1) is 0 Å². The number of ketones is 1. The fourth-order valence-corrected chi connectivity index (χ4v) is 1.95. The average molecular weight is 342 g/mol. The number of carbonyl (C=O) groups excluding carboxylic acids is 2. The van der Waals surface area contributed by atoms with E-state index >= 15 is 0 Å². The summed E-state index contributed by atoms with van der Waals surface area (Å²) in [6.07, 6.45) is -4.93. The first-order valence-corrected chi connectivity index (χ1v) is 6.89. The molecule has 0 unspecified atom stereocenters. The zero-order valence-corrected chi connectivity index (χ0v) is 12.4. The van der Waals surface area contributed by atoms with Gasteiger partial charge in [-0.25, -0.2) is 0 Å². The van der Waals surface area contributed by atoms with E-state index in [1.54, 1.807) is 24.3 Å². The first kappa shape index (κ1) is 17.0. The van der Waals surface area contributed by atoms with E-state index in [1.165, 1.54) is 12.1 Å². The summed E-state index contributed by atoms with van der Waals surface area (Å²) in [5.41, 5.74) is 0.482. The van der Waals surface area contributed by atoms with E-state index in [1.807, 2.05) is 0 Å². The van der Waals surface area contributed by atoms with E-state index < -0.39 is 23.4 Å². The summed E-state index contributed by atoms with van der Waals surface area (Å²) in [6.45, 7) is 0.249. The monoisotopic (exact) mass is 341 g/mol. The van der Waals surface area contributed by atoms with Gasteiger partial charge < -0.3 is 5.32 Å². The van der Waals surface area contributed by atoms with Gasteiger partial charge in [0.1, 0.15) is 0 Å². The molecule has 7 heteroatoms. The number of benzene rings is 2. The quantitative estimate of drug-likeness (QED) is 0.854. The van der Waals surface area contributed by atoms with Crippen LogP contribution in [0.15, 0.2) is 48.5 Å². The van der Waals surface area contributed by atoms with Crippen molar-refractivity contribution >= 4 is 23.3 Å². The van der Waals surface area contributed by atoms with Gasteiger partial charge in [-0.05, 0) is 29.8 Å². The molecular weight excluding hydrogens is 331 g/mol. The first-order chi connectivity index (χ1) is 10.8. The van der Waals surface area contributed by atoms with Crippen molar-refractivity contribution in [2.24, 2.45) is 0 Å². The van der Waals surface area contributed by atoms with Crippen molar-refractivity contribution in [3.8, 4) is 0 Å². The smallest absolute Gasteiger partial charge is 0.348 e. The topological polar surface area (TPSA) is 46.2 Å². The van der Waals surface area contributed by atoms with Crippen molar-refractivity contribution < 1.29 is 22.8 Å². The Morgan fingerprint density at radius 2 is 1.43 bits per heavy atom. The van der Waals surface area contributed by atoms with Crippen LogP contribution in [0.4, 0.5) is 13.2 Å². The van der Waals surface area contributed by atoms with Crippen LogP contribution in [-0.4, -0.2) is 17.9 Å². The SMILES string of the molecule is O=C(NCc1ccc(Cl)cc1)c1ccc(C(=O)C(F)(F)F)cc1. The predicted octanol–water partition coefficient (Wildman–Crippen LogP) is 4.02. The van der Waals surface area contributed by atoms with Crippen molar-refractivity contribution in [1.29, 1.82) is 0 Å². The number of nitrogens with one attached hydrogen (secondary N) is 1. The van der Waals surface area contributed by atoms with E-state index in [4.69, 9.17) is 11.6 Å². The molecule has 0 saturated carbocycles. The van der Waals surface area contributed by atoms with Crippen LogP contribution in [0.3, 0.4) is 0 Å². The minimum absolute atomic E-state index is 0.165. The minimum atomic E-state index is -4.93. The molecule has 0 bridgehead atoms. The van der Waals surface area contributed by atoms with E-state index in [0.717, 1.165) is 17.7 Å². The van der Waals surface area contributed by atoms with Crippen molar-refractivity contribution in [3.63, 3.8) is 0 Å². The molecule has 0 radical (unpaired) electrons. The molecule has 0 aliphatic carbocycles. The maximum Gasteiger partial charge on any atom is 0.454 e. The largest absolute Gasteiger partial charge is 0.454 e. The highest BCUT2D eigenvalue weighted by molar-refractivity contribution is 6.30. The molecule has 2 aromatic carbocycles. The number of hydrogen-bond donors (Lipinski definition) is 1. The standard InChI is InChI=1S/C16H11ClF3NO2/c17-13-7-1-10(2-8-13)9-21-15(23)12-5-3-11(4-6-12)14(22)16(18,19)20/h1-8H,9H2,(H,21,23). The van der Waals surface area contributed by atoms with Crippen LogP contribution in [0.1, 0.15) is 26.3 Å². The molecule has 0 spiro atoms. The molecular formula is C16H11ClF3NO2. The van der Waals surface area contributed by atoms with Crippen LogP contribution in [-0.2, 0) is 6.54 Å². The number of halogens is 4. The molecule has 0 aromatic heterocycles. The summed E-state index contributed by atoms with van der Waals surface area (Å²) in [5.74, 6) is -2.39. The second-order valence-corrected chi connectivity index (χ2v) is 5.15. The lowest BCUT2D eigenvalue weighted by atomic mass is 10.1. The van der Waals surface area contributed by atoms with Gasteiger partial charge in [-0.3, -0.25) is 9.59 Å². The van der Waals surface area contributed by atoms with Crippen molar-refractivity contribution in [2.45, 2.75) is 12.7 Å². The van der Waals surface area contributed by atoms with Gasteiger partial charge >= 0.3 is 6.18 Å². The van der Waals surface area contributed by atoms with E-state index in [0.29, 0.717) is 5.02 Å². The fraction of sp³-hybridized carbons (Fsp3) is 0.125. The van der Waals surface area contributed by atoms with Crippen LogP contribution in [0.5, 0.6) is 0 Å². The molecule has 1 N–H and O–H groups in total. The number of hydrogen-bond acceptors (Lipinski definition) is 2. The Bertz CT molecular complexity index is 710. The maximum absolute atomic E-state index is 12.3. The van der Waals surface area contributed by atoms with Gasteiger partial charge in [-0.2, -0.15) is 13.2 Å². The molecule has 0 aliphatic rings. The third-order valence-corrected chi connectivity index (χ3v) is 3.29. The summed E-state index contributed by atoms with van der Waals surface area (Å²) in [7, 11) is 0. The van der Waals surface area contributed by atoms with Gasteiger partial charge in [0.2, 0.25) is 0 Å². The third kappa shape index (κ3) is 4.56. The zero-order valence-electron chi connectivity index (χ0n) is 11.7. The lowest BCUT2D eigenvalue weighted by Gasteiger charge is -2.07. The molecule has 0 aliphatic heterocycles. The van der Waals surface area contributed by atoms with Crippen molar-refractivity contribution in [1.82, 2.24) is 5.32 Å². The highest BCUT2D eigenvalue weighted by Crippen LogP contribution is 2.21. The molecule has 120 valence electrons. The molecule has 0 heterocycles. The third-order valence-electron chi connectivity index (χ3n) is 3.03. The summed E-state index contributed by atoms with van der Waals surface area (Å²) < 4.78 is 36.9. The lowest BCUT2D eigenvalue weighted by molar-refractivity contribution is -0.0885. The van der Waals surface area contributed by atoms with Crippen LogP contribution in [0.2, 0.25) is 5.02 Å². The van der Waals surface area contributed by atoms with Gasteiger partial charge in [-0.1, -0.05) is 35.9 Å². The summed E-state index contributed by atoms with van der Waals surface area (Å²) >= 11 is 5.75. The van der Waals surface area contributed by atoms with E-state index in [2.05, 4.69) is 5.32 Å². The number of amides is 1. The van der Waals surface area contributed by atoms with Crippen LogP contribution >= 0.6 is 11.6 Å². The first-order valence-electron chi connectivity index (χ1n) is 6.51. The van der Waals surface area contributed by atoms with Gasteiger partial charge in [-0.15, -0.1) is 0 Å². The van der Waals surface area contributed by atoms with Crippen LogP contribution in [0.25, 0.3) is 0 Å². The Morgan fingerprint density at radius 1 is 0.913 bits per heavy atom. The molecule has 1 amide bonds. The average Bonchev–Trinajstić information content (AvgIpc) is 2.52. The number of Topliss-reactive ketones (excluding diaryl/α,β-unsaturated/α-hetero) is 1. The summed E-state index contributed by atoms with van der Waals surface area (Å²) in [6, 6.07) is 11.2. The second kappa shape index (κ2) is 6.83. The molecule has 3 nitrogen and oxygen atoms in total. The Kier molecular flexibility index (Phi) is 5.05. The molecule has 0 fully saturated rings. The normalized spacial score (nSPS) is 11.1. The highest BCUT2D eigenvalue weighted by atomic mass is 35.5. The number of rotatable bonds is 4. The lowest BCUT2D eigenvalue weighted by Crippen LogP contribution is -2.24. The van der Waals surface area contributed by atoms with Crippen LogP contribution in [0, 0.1) is 0 Å².